The molecule has 240 valence electrons. The number of hydrogen-bond donors (Lipinski definition) is 2. The highest BCUT2D eigenvalue weighted by Gasteiger charge is 2.36. The molecule has 1 amide bonds. The van der Waals surface area contributed by atoms with E-state index in [2.05, 4.69) is 20.1 Å². The van der Waals surface area contributed by atoms with Gasteiger partial charge in [-0.2, -0.15) is 13.2 Å². The molecule has 0 aliphatic carbocycles. The lowest BCUT2D eigenvalue weighted by Crippen LogP contribution is -2.55. The summed E-state index contributed by atoms with van der Waals surface area (Å²) in [6, 6.07) is 11.2. The van der Waals surface area contributed by atoms with E-state index in [4.69, 9.17) is 4.74 Å². The number of nitrogens with one attached hydrogen (secondary N) is 2. The number of likely N-dealkylation sites (N-methyl/N-ethyl adjacent to an activating group) is 1. The second-order valence-corrected chi connectivity index (χ2v) is 11.8. The summed E-state index contributed by atoms with van der Waals surface area (Å²) in [5.74, 6) is -0.759. The van der Waals surface area contributed by atoms with Crippen molar-refractivity contribution in [3.05, 3.63) is 93.2 Å². The Morgan fingerprint density at radius 3 is 2.38 bits per heavy atom. The van der Waals surface area contributed by atoms with Gasteiger partial charge in [-0.1, -0.05) is 18.2 Å². The molecule has 0 saturated carbocycles. The number of alkyl halides is 3. The number of aromatic nitrogens is 1. The minimum Gasteiger partial charge on any atom is -0.497 e. The first kappa shape index (κ1) is 32.2. The molecular weight excluding hydrogens is 590 g/mol. The number of carbonyl (C=O) groups excluding carboxylic acids is 1. The maximum absolute atomic E-state index is 15.9. The Morgan fingerprint density at radius 2 is 1.78 bits per heavy atom. The molecule has 2 aliphatic heterocycles. The molecule has 0 radical (unpaired) electrons. The van der Waals surface area contributed by atoms with Crippen LogP contribution in [0.25, 0.3) is 5.57 Å². The molecule has 2 N–H and O–H groups in total. The fourth-order valence-electron chi connectivity index (χ4n) is 5.94. The molecule has 8 nitrogen and oxygen atoms in total. The van der Waals surface area contributed by atoms with Gasteiger partial charge in [-0.25, -0.2) is 4.39 Å². The highest BCUT2D eigenvalue weighted by Crippen LogP contribution is 2.37. The molecule has 1 saturated heterocycles. The number of benzene rings is 2. The Bertz CT molecular complexity index is 1620. The van der Waals surface area contributed by atoms with E-state index >= 15 is 4.39 Å². The highest BCUT2D eigenvalue weighted by molar-refractivity contribution is 6.07. The van der Waals surface area contributed by atoms with E-state index in [1.54, 1.807) is 7.11 Å². The summed E-state index contributed by atoms with van der Waals surface area (Å²) in [4.78, 5) is 33.6. The first-order valence-corrected chi connectivity index (χ1v) is 14.8. The topological polar surface area (TPSA) is 80.9 Å². The van der Waals surface area contributed by atoms with E-state index in [-0.39, 0.29) is 23.3 Å². The molecule has 1 fully saturated rings. The van der Waals surface area contributed by atoms with Crippen LogP contribution in [0.15, 0.2) is 59.5 Å². The molecule has 2 aliphatic rings. The number of hydrogen-bond acceptors (Lipinski definition) is 6. The molecule has 0 unspecified atom stereocenters. The number of pyridine rings is 1. The van der Waals surface area contributed by atoms with Crippen molar-refractivity contribution in [2.24, 2.45) is 0 Å². The minimum absolute atomic E-state index is 0.105. The third-order valence-corrected chi connectivity index (χ3v) is 8.71. The summed E-state index contributed by atoms with van der Waals surface area (Å²) >= 11 is 0. The SMILES string of the molecule is COc1ccc(CN2CC=C(c3cc(NC(=O)c4c[nH]c(=O)cc4C(F)(F)F)c(N4C[C@@H](C)N(C)[C@@H](C)C4)cc3F)CC2)cc1. The summed E-state index contributed by atoms with van der Waals surface area (Å²) in [7, 11) is 3.62. The average molecular weight is 628 g/mol. The zero-order chi connectivity index (χ0) is 32.5. The number of H-pyrrole nitrogens is 1. The molecule has 3 heterocycles. The van der Waals surface area contributed by atoms with Gasteiger partial charge in [0.2, 0.25) is 5.56 Å². The third-order valence-electron chi connectivity index (χ3n) is 8.71. The average Bonchev–Trinajstić information content (AvgIpc) is 3.00. The predicted octanol–water partition coefficient (Wildman–Crippen LogP) is 5.61. The van der Waals surface area contributed by atoms with Gasteiger partial charge in [-0.15, -0.1) is 0 Å². The van der Waals surface area contributed by atoms with Crippen molar-refractivity contribution in [3.8, 4) is 5.75 Å². The van der Waals surface area contributed by atoms with Crippen LogP contribution in [0.2, 0.25) is 0 Å². The molecule has 1 aromatic heterocycles. The lowest BCUT2D eigenvalue weighted by atomic mass is 9.96. The van der Waals surface area contributed by atoms with Crippen LogP contribution in [-0.2, 0) is 12.7 Å². The molecule has 0 bridgehead atoms. The summed E-state index contributed by atoms with van der Waals surface area (Å²) < 4.78 is 62.4. The van der Waals surface area contributed by atoms with E-state index in [0.717, 1.165) is 23.1 Å². The summed E-state index contributed by atoms with van der Waals surface area (Å²) in [6.07, 6.45) is -1.68. The van der Waals surface area contributed by atoms with E-state index in [1.165, 1.54) is 12.1 Å². The monoisotopic (exact) mass is 627 g/mol. The summed E-state index contributed by atoms with van der Waals surface area (Å²) in [5.41, 5.74) is -0.329. The fourth-order valence-corrected chi connectivity index (χ4v) is 5.94. The second-order valence-electron chi connectivity index (χ2n) is 11.8. The van der Waals surface area contributed by atoms with Gasteiger partial charge in [0.05, 0.1) is 29.6 Å². The van der Waals surface area contributed by atoms with E-state index in [0.29, 0.717) is 50.9 Å². The largest absolute Gasteiger partial charge is 0.497 e. The Morgan fingerprint density at radius 1 is 1.09 bits per heavy atom. The number of ether oxygens (including phenoxy) is 1. The normalized spacial score (nSPS) is 19.7. The van der Waals surface area contributed by atoms with Crippen LogP contribution >= 0.6 is 0 Å². The van der Waals surface area contributed by atoms with Crippen molar-refractivity contribution in [2.45, 2.75) is 45.1 Å². The van der Waals surface area contributed by atoms with Crippen LogP contribution in [0.1, 0.15) is 47.3 Å². The van der Waals surface area contributed by atoms with E-state index in [9.17, 15) is 22.8 Å². The predicted molar refractivity (Wildman–Crippen MR) is 166 cm³/mol. The standard InChI is InChI=1S/C33H37F4N5O3/c1-20-17-42(18-21(2)40(20)3)30-15-28(34)25(23-9-11-41(12-10-23)19-22-5-7-24(45-4)8-6-22)13-29(30)39-32(44)26-16-38-31(43)14-27(26)33(35,36)37/h5-9,13-16,20-21H,10-12,17-19H2,1-4H3,(H,38,43)(H,39,44)/t20-,21+. The number of carbonyl (C=O) groups is 1. The van der Waals surface area contributed by atoms with Crippen molar-refractivity contribution >= 4 is 22.9 Å². The number of anilines is 2. The molecule has 0 spiro atoms. The first-order chi connectivity index (χ1) is 21.3. The maximum Gasteiger partial charge on any atom is 0.417 e. The van der Waals surface area contributed by atoms with Crippen molar-refractivity contribution in [1.29, 1.82) is 0 Å². The van der Waals surface area contributed by atoms with Crippen LogP contribution < -0.4 is 20.5 Å². The lowest BCUT2D eigenvalue weighted by molar-refractivity contribution is -0.138. The van der Waals surface area contributed by atoms with Crippen LogP contribution in [-0.4, -0.2) is 73.1 Å². The Kier molecular flexibility index (Phi) is 9.36. The number of halogens is 4. The van der Waals surface area contributed by atoms with Gasteiger partial charge in [-0.05, 0) is 62.7 Å². The smallest absolute Gasteiger partial charge is 0.417 e. The third kappa shape index (κ3) is 7.23. The molecule has 45 heavy (non-hydrogen) atoms. The van der Waals surface area contributed by atoms with Gasteiger partial charge in [-0.3, -0.25) is 19.4 Å². The fraction of sp³-hybridized carbons (Fsp3) is 0.394. The van der Waals surface area contributed by atoms with Gasteiger partial charge in [0.1, 0.15) is 11.6 Å². The lowest BCUT2D eigenvalue weighted by Gasteiger charge is -2.44. The zero-order valence-corrected chi connectivity index (χ0v) is 25.7. The van der Waals surface area contributed by atoms with Crippen LogP contribution in [0.5, 0.6) is 5.75 Å². The van der Waals surface area contributed by atoms with Gasteiger partial charge in [0.15, 0.2) is 0 Å². The highest BCUT2D eigenvalue weighted by atomic mass is 19.4. The van der Waals surface area contributed by atoms with Crippen LogP contribution in [0.3, 0.4) is 0 Å². The Labute approximate surface area is 259 Å². The first-order valence-electron chi connectivity index (χ1n) is 14.8. The number of rotatable bonds is 7. The number of methoxy groups -OCH3 is 1. The molecule has 3 aromatic rings. The number of amides is 1. The van der Waals surface area contributed by atoms with Crippen LogP contribution in [0, 0.1) is 5.82 Å². The van der Waals surface area contributed by atoms with Crippen molar-refractivity contribution in [1.82, 2.24) is 14.8 Å². The number of aromatic amines is 1. The summed E-state index contributed by atoms with van der Waals surface area (Å²) in [6.45, 7) is 7.07. The number of piperazine rings is 1. The van der Waals surface area contributed by atoms with Crippen molar-refractivity contribution < 1.29 is 27.1 Å². The van der Waals surface area contributed by atoms with Gasteiger partial charge in [0, 0.05) is 62.6 Å². The van der Waals surface area contributed by atoms with Gasteiger partial charge < -0.3 is 19.9 Å². The minimum atomic E-state index is -4.93. The molecule has 2 atom stereocenters. The molecule has 2 aromatic carbocycles. The molecule has 12 heteroatoms. The van der Waals surface area contributed by atoms with Crippen LogP contribution in [0.4, 0.5) is 28.9 Å². The Hall–Kier alpha value is -4.16. The van der Waals surface area contributed by atoms with Crippen molar-refractivity contribution in [3.63, 3.8) is 0 Å². The molecular formula is C33H37F4N5O3. The second kappa shape index (κ2) is 13.1. The summed E-state index contributed by atoms with van der Waals surface area (Å²) in [5, 5.41) is 2.62. The van der Waals surface area contributed by atoms with Gasteiger partial charge in [0.25, 0.3) is 5.91 Å². The Balaban J connectivity index is 1.46. The maximum atomic E-state index is 15.9. The zero-order valence-electron chi connectivity index (χ0n) is 25.7. The van der Waals surface area contributed by atoms with Gasteiger partial charge >= 0.3 is 6.18 Å². The van der Waals surface area contributed by atoms with Crippen molar-refractivity contribution in [2.75, 3.05) is 50.6 Å². The quantitative estimate of drug-likeness (QED) is 0.332. The molecule has 5 rings (SSSR count). The van der Waals surface area contributed by atoms with E-state index in [1.807, 2.05) is 56.1 Å². The number of nitrogens with zero attached hydrogens (tertiary/aromatic N) is 3. The van der Waals surface area contributed by atoms with E-state index < -0.39 is 34.6 Å².